The molecule has 2 amide bonds. The molecule has 1 atom stereocenters. The quantitative estimate of drug-likeness (QED) is 0.670. The summed E-state index contributed by atoms with van der Waals surface area (Å²) in [6, 6.07) is 11.4. The van der Waals surface area contributed by atoms with Crippen LogP contribution in [0.15, 0.2) is 79.4 Å². The molecule has 1 aromatic carbocycles. The molecule has 2 aromatic heterocycles. The molecule has 29 heavy (non-hydrogen) atoms. The average molecular weight is 387 g/mol. The number of benzene rings is 1. The molecule has 0 saturated heterocycles. The zero-order valence-corrected chi connectivity index (χ0v) is 15.7. The molecule has 3 N–H and O–H groups in total. The fourth-order valence-corrected chi connectivity index (χ4v) is 3.18. The van der Waals surface area contributed by atoms with Crippen molar-refractivity contribution in [3.63, 3.8) is 0 Å². The third kappa shape index (κ3) is 4.70. The van der Waals surface area contributed by atoms with Gasteiger partial charge in [-0.2, -0.15) is 5.10 Å². The van der Waals surface area contributed by atoms with Crippen molar-refractivity contribution < 1.29 is 9.53 Å². The van der Waals surface area contributed by atoms with E-state index in [1.165, 1.54) is 5.56 Å². The van der Waals surface area contributed by atoms with Crippen molar-refractivity contribution in [2.24, 2.45) is 5.73 Å². The van der Waals surface area contributed by atoms with Gasteiger partial charge in [0.1, 0.15) is 12.4 Å². The molecule has 7 heteroatoms. The van der Waals surface area contributed by atoms with Gasteiger partial charge in [0.15, 0.2) is 0 Å². The first-order valence-electron chi connectivity index (χ1n) is 9.29. The number of nitrogens with one attached hydrogen (secondary N) is 1. The molecular weight excluding hydrogens is 366 g/mol. The first kappa shape index (κ1) is 18.5. The van der Waals surface area contributed by atoms with Gasteiger partial charge in [0.25, 0.3) is 0 Å². The van der Waals surface area contributed by atoms with Gasteiger partial charge in [-0.05, 0) is 36.3 Å². The van der Waals surface area contributed by atoms with Crippen molar-refractivity contribution >= 4 is 17.4 Å². The Hall–Kier alpha value is -3.87. The van der Waals surface area contributed by atoms with Crippen LogP contribution in [-0.2, 0) is 6.61 Å². The van der Waals surface area contributed by atoms with E-state index in [1.807, 2.05) is 30.3 Å². The predicted octanol–water partition coefficient (Wildman–Crippen LogP) is 3.93. The fourth-order valence-electron chi connectivity index (χ4n) is 3.18. The van der Waals surface area contributed by atoms with Gasteiger partial charge < -0.3 is 15.8 Å². The molecule has 0 saturated carbocycles. The number of urea groups is 1. The summed E-state index contributed by atoms with van der Waals surface area (Å²) in [6.45, 7) is 0.489. The molecule has 1 unspecified atom stereocenters. The van der Waals surface area contributed by atoms with Crippen LogP contribution in [0.5, 0.6) is 5.75 Å². The highest BCUT2D eigenvalue weighted by molar-refractivity contribution is 5.87. The Labute approximate surface area is 168 Å². The summed E-state index contributed by atoms with van der Waals surface area (Å²) in [5.41, 5.74) is 8.87. The number of nitrogens with two attached hydrogens (primary N) is 1. The maximum Gasteiger partial charge on any atom is 0.316 e. The van der Waals surface area contributed by atoms with Gasteiger partial charge in [-0.15, -0.1) is 0 Å². The van der Waals surface area contributed by atoms with Crippen LogP contribution in [0.4, 0.5) is 10.5 Å². The molecule has 7 nitrogen and oxygen atoms in total. The van der Waals surface area contributed by atoms with Crippen molar-refractivity contribution in [1.29, 1.82) is 0 Å². The van der Waals surface area contributed by atoms with Crippen LogP contribution in [0.3, 0.4) is 0 Å². The molecule has 1 aliphatic carbocycles. The lowest BCUT2D eigenvalue weighted by atomic mass is 9.91. The average Bonchev–Trinajstić information content (AvgIpc) is 3.21. The highest BCUT2D eigenvalue weighted by Crippen LogP contribution is 2.30. The van der Waals surface area contributed by atoms with Crippen molar-refractivity contribution in [2.45, 2.75) is 18.9 Å². The van der Waals surface area contributed by atoms with E-state index in [2.05, 4.69) is 39.7 Å². The lowest BCUT2D eigenvalue weighted by molar-refractivity contribution is 0.259. The Morgan fingerprint density at radius 2 is 2.21 bits per heavy atom. The summed E-state index contributed by atoms with van der Waals surface area (Å²) in [7, 11) is 0. The minimum absolute atomic E-state index is 0.263. The van der Waals surface area contributed by atoms with Crippen molar-refractivity contribution in [2.75, 3.05) is 5.32 Å². The van der Waals surface area contributed by atoms with Crippen LogP contribution in [-0.4, -0.2) is 20.8 Å². The largest absolute Gasteiger partial charge is 0.489 e. The van der Waals surface area contributed by atoms with Gasteiger partial charge in [0, 0.05) is 23.9 Å². The Morgan fingerprint density at radius 1 is 1.28 bits per heavy atom. The Bertz CT molecular complexity index is 1060. The fraction of sp³-hybridized carbons (Fsp3) is 0.136. The highest BCUT2D eigenvalue weighted by atomic mass is 16.5. The molecule has 0 bridgehead atoms. The number of carbonyl (C=O) groups excluding carboxylic acids is 1. The number of hydrogen-bond donors (Lipinski definition) is 2. The second kappa shape index (κ2) is 8.43. The van der Waals surface area contributed by atoms with Gasteiger partial charge >= 0.3 is 6.03 Å². The van der Waals surface area contributed by atoms with E-state index >= 15 is 0 Å². The third-order valence-electron chi connectivity index (χ3n) is 4.61. The topological polar surface area (TPSA) is 95.1 Å². The monoisotopic (exact) mass is 387 g/mol. The van der Waals surface area contributed by atoms with Crippen LogP contribution in [0, 0.1) is 0 Å². The summed E-state index contributed by atoms with van der Waals surface area (Å²) in [5, 5.41) is 6.77. The van der Waals surface area contributed by atoms with Gasteiger partial charge in [-0.1, -0.05) is 30.4 Å². The molecular formula is C22H21N5O2. The minimum atomic E-state index is -0.608. The SMILES string of the molecule is NC(=O)Nc1cnn(C2=CCC(c3cccc(OCc4cccnc4)c3)C=C2)c1. The predicted molar refractivity (Wildman–Crippen MR) is 111 cm³/mol. The molecule has 0 fully saturated rings. The number of aromatic nitrogens is 3. The second-order valence-corrected chi connectivity index (χ2v) is 6.72. The van der Waals surface area contributed by atoms with E-state index in [1.54, 1.807) is 29.5 Å². The molecule has 146 valence electrons. The lowest BCUT2D eigenvalue weighted by Crippen LogP contribution is -2.18. The number of rotatable bonds is 6. The third-order valence-corrected chi connectivity index (χ3v) is 4.61. The molecule has 4 rings (SSSR count). The van der Waals surface area contributed by atoms with Crippen LogP contribution >= 0.6 is 0 Å². The zero-order chi connectivity index (χ0) is 20.1. The van der Waals surface area contributed by atoms with Crippen LogP contribution in [0.2, 0.25) is 0 Å². The molecule has 2 heterocycles. The van der Waals surface area contributed by atoms with E-state index in [9.17, 15) is 4.79 Å². The number of allylic oxidation sites excluding steroid dienone is 4. The van der Waals surface area contributed by atoms with Crippen molar-refractivity contribution in [3.05, 3.63) is 90.5 Å². The highest BCUT2D eigenvalue weighted by Gasteiger charge is 2.14. The maximum absolute atomic E-state index is 10.9. The van der Waals surface area contributed by atoms with Crippen LogP contribution < -0.4 is 15.8 Å². The number of hydrogen-bond acceptors (Lipinski definition) is 4. The summed E-state index contributed by atoms with van der Waals surface area (Å²) >= 11 is 0. The lowest BCUT2D eigenvalue weighted by Gasteiger charge is -2.17. The Kier molecular flexibility index (Phi) is 5.38. The number of carbonyl (C=O) groups is 1. The van der Waals surface area contributed by atoms with Crippen molar-refractivity contribution in [1.82, 2.24) is 14.8 Å². The number of pyridine rings is 1. The Balaban J connectivity index is 1.40. The molecule has 3 aromatic rings. The summed E-state index contributed by atoms with van der Waals surface area (Å²) in [6.07, 6.45) is 14.0. The smallest absolute Gasteiger partial charge is 0.316 e. The van der Waals surface area contributed by atoms with Gasteiger partial charge in [0.05, 0.1) is 23.8 Å². The number of ether oxygens (including phenoxy) is 1. The number of nitrogens with zero attached hydrogens (tertiary/aromatic N) is 3. The van der Waals surface area contributed by atoms with Gasteiger partial charge in [-0.25, -0.2) is 9.48 Å². The van der Waals surface area contributed by atoms with E-state index in [0.29, 0.717) is 12.3 Å². The van der Waals surface area contributed by atoms with E-state index in [0.717, 1.165) is 23.4 Å². The summed E-state index contributed by atoms with van der Waals surface area (Å²) in [4.78, 5) is 15.0. The maximum atomic E-state index is 10.9. The van der Waals surface area contributed by atoms with E-state index in [4.69, 9.17) is 10.5 Å². The van der Waals surface area contributed by atoms with Gasteiger partial charge in [-0.3, -0.25) is 4.98 Å². The summed E-state index contributed by atoms with van der Waals surface area (Å²) < 4.78 is 7.62. The molecule has 0 spiro atoms. The van der Waals surface area contributed by atoms with E-state index in [-0.39, 0.29) is 5.92 Å². The molecule has 1 aliphatic rings. The van der Waals surface area contributed by atoms with E-state index < -0.39 is 6.03 Å². The minimum Gasteiger partial charge on any atom is -0.489 e. The van der Waals surface area contributed by atoms with Crippen LogP contribution in [0.1, 0.15) is 23.5 Å². The first-order chi connectivity index (χ1) is 14.2. The van der Waals surface area contributed by atoms with Crippen LogP contribution in [0.25, 0.3) is 5.70 Å². The normalized spacial score (nSPS) is 15.6. The molecule has 0 aliphatic heterocycles. The Morgan fingerprint density at radius 3 is 2.97 bits per heavy atom. The van der Waals surface area contributed by atoms with Gasteiger partial charge in [0.2, 0.25) is 0 Å². The number of anilines is 1. The first-order valence-corrected chi connectivity index (χ1v) is 9.29. The standard InChI is InChI=1S/C22H21N5O2/c23-22(28)26-19-13-25-27(14-19)20-8-6-17(7-9-20)18-4-1-5-21(11-18)29-15-16-3-2-10-24-12-16/h1-6,8-14,17H,7,15H2,(H3,23,26,28). The van der Waals surface area contributed by atoms with Crippen molar-refractivity contribution in [3.8, 4) is 5.75 Å². The number of primary amides is 1. The second-order valence-electron chi connectivity index (χ2n) is 6.72. The number of amides is 2. The zero-order valence-electron chi connectivity index (χ0n) is 15.7. The molecule has 0 radical (unpaired) electrons. The summed E-state index contributed by atoms with van der Waals surface area (Å²) in [5.74, 6) is 1.10.